The topological polar surface area (TPSA) is 15.3 Å². The van der Waals surface area contributed by atoms with Crippen LogP contribution in [0.5, 0.6) is 0 Å². The van der Waals surface area contributed by atoms with Crippen LogP contribution in [-0.4, -0.2) is 37.5 Å². The molecule has 4 heteroatoms. The van der Waals surface area contributed by atoms with Crippen LogP contribution < -0.4 is 5.32 Å². The van der Waals surface area contributed by atoms with E-state index in [0.29, 0.717) is 6.54 Å². The number of alkyl halides is 2. The van der Waals surface area contributed by atoms with Gasteiger partial charge in [-0.05, 0) is 5.56 Å². The molecule has 1 N–H and O–H groups in total. The van der Waals surface area contributed by atoms with Crippen molar-refractivity contribution in [3.63, 3.8) is 0 Å². The molecule has 1 heterocycles. The summed E-state index contributed by atoms with van der Waals surface area (Å²) in [6.07, 6.45) is -2.26. The standard InChI is InChI=1S/C12H16F2N2/c13-12(14)9-16-7-6-15-8-11(16)10-4-2-1-3-5-10/h1-5,11-12,15H,6-9H2. The molecule has 1 saturated heterocycles. The Morgan fingerprint density at radius 3 is 2.75 bits per heavy atom. The molecule has 0 amide bonds. The lowest BCUT2D eigenvalue weighted by Gasteiger charge is -2.36. The van der Waals surface area contributed by atoms with Crippen LogP contribution in [0.2, 0.25) is 0 Å². The van der Waals surface area contributed by atoms with Crippen molar-refractivity contribution >= 4 is 0 Å². The van der Waals surface area contributed by atoms with E-state index in [1.807, 2.05) is 35.2 Å². The van der Waals surface area contributed by atoms with E-state index in [2.05, 4.69) is 5.32 Å². The summed E-state index contributed by atoms with van der Waals surface area (Å²) in [5.41, 5.74) is 1.11. The number of piperazine rings is 1. The predicted molar refractivity (Wildman–Crippen MR) is 59.6 cm³/mol. The molecule has 1 aromatic carbocycles. The predicted octanol–water partition coefficient (Wildman–Crippen LogP) is 1.90. The van der Waals surface area contributed by atoms with Crippen LogP contribution >= 0.6 is 0 Å². The largest absolute Gasteiger partial charge is 0.314 e. The molecule has 2 nitrogen and oxygen atoms in total. The van der Waals surface area contributed by atoms with Gasteiger partial charge < -0.3 is 5.32 Å². The van der Waals surface area contributed by atoms with Gasteiger partial charge in [-0.15, -0.1) is 0 Å². The maximum atomic E-state index is 12.4. The highest BCUT2D eigenvalue weighted by Gasteiger charge is 2.25. The minimum Gasteiger partial charge on any atom is -0.314 e. The van der Waals surface area contributed by atoms with E-state index in [-0.39, 0.29) is 12.6 Å². The second-order valence-electron chi connectivity index (χ2n) is 4.02. The lowest BCUT2D eigenvalue weighted by Crippen LogP contribution is -2.47. The fourth-order valence-electron chi connectivity index (χ4n) is 2.15. The van der Waals surface area contributed by atoms with Crippen molar-refractivity contribution in [1.82, 2.24) is 10.2 Å². The molecular weight excluding hydrogens is 210 g/mol. The molecule has 1 unspecified atom stereocenters. The average Bonchev–Trinajstić information content (AvgIpc) is 2.30. The van der Waals surface area contributed by atoms with Gasteiger partial charge in [-0.1, -0.05) is 30.3 Å². The number of benzene rings is 1. The number of hydrogen-bond donors (Lipinski definition) is 1. The smallest absolute Gasteiger partial charge is 0.251 e. The Morgan fingerprint density at radius 2 is 2.06 bits per heavy atom. The number of nitrogens with one attached hydrogen (secondary N) is 1. The normalized spacial score (nSPS) is 22.6. The van der Waals surface area contributed by atoms with Crippen molar-refractivity contribution in [3.05, 3.63) is 35.9 Å². The Labute approximate surface area is 94.3 Å². The quantitative estimate of drug-likeness (QED) is 0.846. The number of rotatable bonds is 3. The number of hydrogen-bond acceptors (Lipinski definition) is 2. The van der Waals surface area contributed by atoms with E-state index in [1.165, 1.54) is 0 Å². The van der Waals surface area contributed by atoms with Gasteiger partial charge in [-0.25, -0.2) is 8.78 Å². The van der Waals surface area contributed by atoms with Crippen molar-refractivity contribution < 1.29 is 8.78 Å². The molecule has 1 atom stereocenters. The van der Waals surface area contributed by atoms with Crippen molar-refractivity contribution in [2.45, 2.75) is 12.5 Å². The second kappa shape index (κ2) is 5.37. The Bertz CT molecular complexity index is 316. The highest BCUT2D eigenvalue weighted by Crippen LogP contribution is 2.22. The number of nitrogens with zero attached hydrogens (tertiary/aromatic N) is 1. The third-order valence-corrected chi connectivity index (χ3v) is 2.91. The van der Waals surface area contributed by atoms with E-state index >= 15 is 0 Å². The summed E-state index contributed by atoms with van der Waals surface area (Å²) in [6, 6.07) is 9.90. The third-order valence-electron chi connectivity index (χ3n) is 2.91. The van der Waals surface area contributed by atoms with Gasteiger partial charge in [0.25, 0.3) is 6.43 Å². The van der Waals surface area contributed by atoms with Gasteiger partial charge in [0.15, 0.2) is 0 Å². The summed E-state index contributed by atoms with van der Waals surface area (Å²) >= 11 is 0. The van der Waals surface area contributed by atoms with E-state index < -0.39 is 6.43 Å². The van der Waals surface area contributed by atoms with Gasteiger partial charge in [-0.3, -0.25) is 4.90 Å². The second-order valence-corrected chi connectivity index (χ2v) is 4.02. The Hall–Kier alpha value is -1.00. The Morgan fingerprint density at radius 1 is 1.31 bits per heavy atom. The van der Waals surface area contributed by atoms with Crippen molar-refractivity contribution in [2.24, 2.45) is 0 Å². The molecule has 0 aromatic heterocycles. The van der Waals surface area contributed by atoms with Crippen LogP contribution in [0.4, 0.5) is 8.78 Å². The zero-order valence-corrected chi connectivity index (χ0v) is 9.07. The molecule has 1 aliphatic heterocycles. The van der Waals surface area contributed by atoms with Gasteiger partial charge in [0.2, 0.25) is 0 Å². The summed E-state index contributed by atoms with van der Waals surface area (Å²) in [5, 5.41) is 3.25. The first-order chi connectivity index (χ1) is 7.77. The summed E-state index contributed by atoms with van der Waals surface area (Å²) < 4.78 is 24.9. The minimum atomic E-state index is -2.26. The van der Waals surface area contributed by atoms with E-state index in [9.17, 15) is 8.78 Å². The summed E-state index contributed by atoms with van der Waals surface area (Å²) in [4.78, 5) is 1.86. The third kappa shape index (κ3) is 2.77. The fourth-order valence-corrected chi connectivity index (χ4v) is 2.15. The van der Waals surface area contributed by atoms with Crippen LogP contribution in [0.1, 0.15) is 11.6 Å². The molecule has 16 heavy (non-hydrogen) atoms. The first-order valence-corrected chi connectivity index (χ1v) is 5.55. The van der Waals surface area contributed by atoms with Crippen molar-refractivity contribution in [2.75, 3.05) is 26.2 Å². The molecule has 2 rings (SSSR count). The van der Waals surface area contributed by atoms with Crippen LogP contribution in [-0.2, 0) is 0 Å². The van der Waals surface area contributed by atoms with Crippen LogP contribution in [0.3, 0.4) is 0 Å². The highest BCUT2D eigenvalue weighted by molar-refractivity contribution is 5.20. The lowest BCUT2D eigenvalue weighted by molar-refractivity contribution is 0.0545. The van der Waals surface area contributed by atoms with E-state index in [4.69, 9.17) is 0 Å². The lowest BCUT2D eigenvalue weighted by atomic mass is 10.0. The zero-order chi connectivity index (χ0) is 11.4. The Balaban J connectivity index is 2.10. The molecular formula is C12H16F2N2. The highest BCUT2D eigenvalue weighted by atomic mass is 19.3. The van der Waals surface area contributed by atoms with Crippen molar-refractivity contribution in [1.29, 1.82) is 0 Å². The summed E-state index contributed by atoms with van der Waals surface area (Å²) in [6.45, 7) is 2.08. The van der Waals surface area contributed by atoms with Crippen LogP contribution in [0, 0.1) is 0 Å². The van der Waals surface area contributed by atoms with Gasteiger partial charge in [0.1, 0.15) is 0 Å². The maximum Gasteiger partial charge on any atom is 0.251 e. The fraction of sp³-hybridized carbons (Fsp3) is 0.500. The monoisotopic (exact) mass is 226 g/mol. The molecule has 0 aliphatic carbocycles. The molecule has 88 valence electrons. The maximum absolute atomic E-state index is 12.4. The first-order valence-electron chi connectivity index (χ1n) is 5.55. The SMILES string of the molecule is FC(F)CN1CCNCC1c1ccccc1. The molecule has 0 bridgehead atoms. The molecule has 0 radical (unpaired) electrons. The molecule has 1 fully saturated rings. The van der Waals surface area contributed by atoms with Gasteiger partial charge in [-0.2, -0.15) is 0 Å². The van der Waals surface area contributed by atoms with Gasteiger partial charge >= 0.3 is 0 Å². The average molecular weight is 226 g/mol. The minimum absolute atomic E-state index is 0.0731. The van der Waals surface area contributed by atoms with Crippen molar-refractivity contribution in [3.8, 4) is 0 Å². The van der Waals surface area contributed by atoms with Crippen LogP contribution in [0.25, 0.3) is 0 Å². The zero-order valence-electron chi connectivity index (χ0n) is 9.07. The van der Waals surface area contributed by atoms with Gasteiger partial charge in [0, 0.05) is 25.7 Å². The Kier molecular flexibility index (Phi) is 3.85. The number of halogens is 2. The molecule has 0 saturated carbocycles. The summed E-state index contributed by atoms with van der Waals surface area (Å²) in [5.74, 6) is 0. The molecule has 1 aliphatic rings. The summed E-state index contributed by atoms with van der Waals surface area (Å²) in [7, 11) is 0. The van der Waals surface area contributed by atoms with E-state index in [0.717, 1.165) is 18.7 Å². The van der Waals surface area contributed by atoms with Gasteiger partial charge in [0.05, 0.1) is 6.54 Å². The first kappa shape index (κ1) is 11.5. The molecule has 0 spiro atoms. The van der Waals surface area contributed by atoms with Crippen LogP contribution in [0.15, 0.2) is 30.3 Å². The molecule has 1 aromatic rings. The van der Waals surface area contributed by atoms with E-state index in [1.54, 1.807) is 0 Å².